The van der Waals surface area contributed by atoms with Gasteiger partial charge < -0.3 is 9.30 Å². The number of aromatic nitrogens is 1. The van der Waals surface area contributed by atoms with Crippen LogP contribution in [0.25, 0.3) is 0 Å². The molecule has 0 unspecified atom stereocenters. The van der Waals surface area contributed by atoms with E-state index in [1.807, 2.05) is 12.3 Å². The molecule has 0 radical (unpaired) electrons. The van der Waals surface area contributed by atoms with E-state index in [4.69, 9.17) is 4.74 Å². The lowest BCUT2D eigenvalue weighted by molar-refractivity contribution is 0.102. The summed E-state index contributed by atoms with van der Waals surface area (Å²) in [6.45, 7) is 4.82. The monoisotopic (exact) mass is 409 g/mol. The van der Waals surface area contributed by atoms with E-state index in [9.17, 15) is 9.18 Å². The Morgan fingerprint density at radius 1 is 1.12 bits per heavy atom. The van der Waals surface area contributed by atoms with Gasteiger partial charge in [-0.25, -0.2) is 4.39 Å². The molecule has 25 heavy (non-hydrogen) atoms. The van der Waals surface area contributed by atoms with Crippen LogP contribution in [-0.2, 0) is 13.2 Å². The second-order valence-electron chi connectivity index (χ2n) is 6.16. The van der Waals surface area contributed by atoms with Gasteiger partial charge in [-0.2, -0.15) is 0 Å². The van der Waals surface area contributed by atoms with Crippen LogP contribution in [-0.4, -0.2) is 47.7 Å². The highest BCUT2D eigenvalue weighted by atomic mass is 79.9. The lowest BCUT2D eigenvalue weighted by Crippen LogP contribution is -2.47. The largest absolute Gasteiger partial charge is 0.494 e. The van der Waals surface area contributed by atoms with Crippen LogP contribution in [0.3, 0.4) is 0 Å². The summed E-state index contributed by atoms with van der Waals surface area (Å²) in [5.41, 5.74) is 0.939. The zero-order valence-electron chi connectivity index (χ0n) is 14.1. The van der Waals surface area contributed by atoms with Crippen LogP contribution in [0.4, 0.5) is 4.39 Å². The quantitative estimate of drug-likeness (QED) is 0.760. The summed E-state index contributed by atoms with van der Waals surface area (Å²) in [4.78, 5) is 16.4. The minimum atomic E-state index is -0.326. The van der Waals surface area contributed by atoms with E-state index in [1.54, 1.807) is 22.8 Å². The number of nitrogens with zero attached hydrogens (tertiary/aromatic N) is 3. The van der Waals surface area contributed by atoms with Gasteiger partial charge >= 0.3 is 0 Å². The van der Waals surface area contributed by atoms with Crippen LogP contribution >= 0.6 is 15.9 Å². The van der Waals surface area contributed by atoms with Crippen molar-refractivity contribution in [3.63, 3.8) is 0 Å². The molecular weight excluding hydrogens is 389 g/mol. The maximum Gasteiger partial charge on any atom is 0.251 e. The van der Waals surface area contributed by atoms with Crippen molar-refractivity contribution in [2.24, 2.45) is 0 Å². The maximum atomic E-state index is 13.8. The van der Waals surface area contributed by atoms with Gasteiger partial charge in [0.15, 0.2) is 11.6 Å². The molecule has 3 rings (SSSR count). The molecule has 1 aliphatic heterocycles. The van der Waals surface area contributed by atoms with Crippen molar-refractivity contribution in [1.29, 1.82) is 0 Å². The molecule has 5 nitrogen and oxygen atoms in total. The van der Waals surface area contributed by atoms with Gasteiger partial charge in [0, 0.05) is 49.5 Å². The van der Waals surface area contributed by atoms with Crippen LogP contribution in [0.5, 0.6) is 5.75 Å². The number of benzene rings is 1. The number of methoxy groups -OCH3 is 1. The fourth-order valence-electron chi connectivity index (χ4n) is 2.98. The van der Waals surface area contributed by atoms with Crippen molar-refractivity contribution < 1.29 is 9.13 Å². The lowest BCUT2D eigenvalue weighted by atomic mass is 10.2. The first-order chi connectivity index (χ1) is 12.0. The topological polar surface area (TPSA) is 37.7 Å². The van der Waals surface area contributed by atoms with E-state index in [2.05, 4.69) is 25.7 Å². The molecule has 1 aromatic carbocycles. The highest BCUT2D eigenvalue weighted by molar-refractivity contribution is 9.10. The van der Waals surface area contributed by atoms with Crippen molar-refractivity contribution in [2.75, 3.05) is 33.3 Å². The number of hydrogen-bond donors (Lipinski definition) is 0. The molecule has 0 bridgehead atoms. The Balaban J connectivity index is 1.54. The van der Waals surface area contributed by atoms with Gasteiger partial charge in [-0.1, -0.05) is 6.07 Å². The Hall–Kier alpha value is -1.70. The van der Waals surface area contributed by atoms with Gasteiger partial charge in [-0.05, 0) is 39.7 Å². The van der Waals surface area contributed by atoms with Crippen LogP contribution in [0.1, 0.15) is 5.56 Å². The predicted octanol–water partition coefficient (Wildman–Crippen LogP) is 2.53. The number of piperazine rings is 1. The summed E-state index contributed by atoms with van der Waals surface area (Å²) < 4.78 is 21.3. The number of pyridine rings is 1. The first kappa shape index (κ1) is 18.1. The Labute approximate surface area is 154 Å². The smallest absolute Gasteiger partial charge is 0.251 e. The second-order valence-corrected chi connectivity index (χ2v) is 7.08. The molecule has 1 fully saturated rings. The maximum absolute atomic E-state index is 13.8. The average Bonchev–Trinajstić information content (AvgIpc) is 2.60. The molecule has 0 atom stereocenters. The highest BCUT2D eigenvalue weighted by Gasteiger charge is 2.18. The molecule has 0 aliphatic carbocycles. The number of rotatable bonds is 5. The van der Waals surface area contributed by atoms with E-state index in [-0.39, 0.29) is 17.1 Å². The summed E-state index contributed by atoms with van der Waals surface area (Å²) in [6, 6.07) is 8.42. The SMILES string of the molecule is COc1ccc(CN2CCN(Cn3cc(Br)ccc3=O)CC2)cc1F. The standard InChI is InChI=1S/C18H21BrFN3O2/c1-25-17-4-2-14(10-16(17)20)11-21-6-8-22(9-7-21)13-23-12-15(19)3-5-18(23)24/h2-5,10,12H,6-9,11,13H2,1H3. The van der Waals surface area contributed by atoms with Gasteiger partial charge in [0.2, 0.25) is 0 Å². The van der Waals surface area contributed by atoms with Crippen LogP contribution in [0.15, 0.2) is 45.8 Å². The zero-order chi connectivity index (χ0) is 17.8. The summed E-state index contributed by atoms with van der Waals surface area (Å²) >= 11 is 3.40. The first-order valence-electron chi connectivity index (χ1n) is 8.18. The molecule has 0 amide bonds. The molecule has 1 saturated heterocycles. The molecule has 1 aromatic heterocycles. The van der Waals surface area contributed by atoms with Gasteiger partial charge in [0.1, 0.15) is 0 Å². The molecule has 1 aliphatic rings. The molecule has 134 valence electrons. The molecule has 2 heterocycles. The Morgan fingerprint density at radius 3 is 2.52 bits per heavy atom. The lowest BCUT2D eigenvalue weighted by Gasteiger charge is -2.34. The fraction of sp³-hybridized carbons (Fsp3) is 0.389. The van der Waals surface area contributed by atoms with Crippen molar-refractivity contribution >= 4 is 15.9 Å². The van der Waals surface area contributed by atoms with E-state index in [0.29, 0.717) is 13.2 Å². The number of ether oxygens (including phenoxy) is 1. The fourth-order valence-corrected chi connectivity index (χ4v) is 3.36. The number of halogens is 2. The van der Waals surface area contributed by atoms with Crippen molar-refractivity contribution in [1.82, 2.24) is 14.4 Å². The van der Waals surface area contributed by atoms with Crippen LogP contribution in [0.2, 0.25) is 0 Å². The Kier molecular flexibility index (Phi) is 5.88. The first-order valence-corrected chi connectivity index (χ1v) is 8.97. The minimum Gasteiger partial charge on any atom is -0.494 e. The summed E-state index contributed by atoms with van der Waals surface area (Å²) in [5, 5.41) is 0. The molecule has 0 N–H and O–H groups in total. The third-order valence-electron chi connectivity index (χ3n) is 4.39. The number of hydrogen-bond acceptors (Lipinski definition) is 4. The van der Waals surface area contributed by atoms with Gasteiger partial charge in [0.25, 0.3) is 5.56 Å². The minimum absolute atomic E-state index is 0.000613. The zero-order valence-corrected chi connectivity index (χ0v) is 15.7. The van der Waals surface area contributed by atoms with E-state index in [1.165, 1.54) is 13.2 Å². The van der Waals surface area contributed by atoms with Crippen molar-refractivity contribution in [3.05, 3.63) is 62.7 Å². The molecule has 7 heteroatoms. The Bertz CT molecular complexity index is 788. The molecule has 2 aromatic rings. The van der Waals surface area contributed by atoms with Crippen molar-refractivity contribution in [2.45, 2.75) is 13.2 Å². The highest BCUT2D eigenvalue weighted by Crippen LogP contribution is 2.19. The van der Waals surface area contributed by atoms with Crippen molar-refractivity contribution in [3.8, 4) is 5.75 Å². The van der Waals surface area contributed by atoms with Gasteiger partial charge in [-0.3, -0.25) is 14.6 Å². The summed E-state index contributed by atoms with van der Waals surface area (Å²) in [6.07, 6.45) is 1.81. The summed E-state index contributed by atoms with van der Waals surface area (Å²) in [7, 11) is 1.47. The van der Waals surface area contributed by atoms with Crippen LogP contribution in [0, 0.1) is 5.82 Å². The van der Waals surface area contributed by atoms with E-state index < -0.39 is 0 Å². The predicted molar refractivity (Wildman–Crippen MR) is 98.2 cm³/mol. The molecular formula is C18H21BrFN3O2. The summed E-state index contributed by atoms with van der Waals surface area (Å²) in [5.74, 6) is -0.0549. The molecule has 0 saturated carbocycles. The van der Waals surface area contributed by atoms with Gasteiger partial charge in [0.05, 0.1) is 13.8 Å². The molecule has 0 spiro atoms. The van der Waals surface area contributed by atoms with E-state index in [0.717, 1.165) is 36.2 Å². The third kappa shape index (κ3) is 4.68. The van der Waals surface area contributed by atoms with Crippen LogP contribution < -0.4 is 10.3 Å². The van der Waals surface area contributed by atoms with Gasteiger partial charge in [-0.15, -0.1) is 0 Å². The normalized spacial score (nSPS) is 16.1. The third-order valence-corrected chi connectivity index (χ3v) is 4.86. The van der Waals surface area contributed by atoms with E-state index >= 15 is 0 Å². The second kappa shape index (κ2) is 8.12. The average molecular weight is 410 g/mol. The Morgan fingerprint density at radius 2 is 1.84 bits per heavy atom.